The first-order valence-corrected chi connectivity index (χ1v) is 7.47. The van der Waals surface area contributed by atoms with E-state index in [0.717, 1.165) is 17.7 Å². The molecule has 0 aliphatic heterocycles. The number of hydrogen-bond acceptors (Lipinski definition) is 3. The lowest BCUT2D eigenvalue weighted by Gasteiger charge is -2.18. The first-order valence-electron chi connectivity index (χ1n) is 7.09. The second-order valence-corrected chi connectivity index (χ2v) is 5.50. The number of carboxylic acids is 1. The number of nitrogens with one attached hydrogen (secondary N) is 1. The number of ether oxygens (including phenoxy) is 1. The number of benzene rings is 2. The maximum atomic E-state index is 13.5. The second-order valence-electron chi connectivity index (χ2n) is 5.06. The molecule has 2 N–H and O–H groups in total. The van der Waals surface area contributed by atoms with Gasteiger partial charge in [-0.05, 0) is 29.3 Å². The molecule has 2 rings (SSSR count). The fourth-order valence-corrected chi connectivity index (χ4v) is 2.34. The van der Waals surface area contributed by atoms with Crippen molar-refractivity contribution in [2.24, 2.45) is 0 Å². The third-order valence-electron chi connectivity index (χ3n) is 3.17. The molecule has 5 nitrogen and oxygen atoms in total. The molecule has 0 aromatic heterocycles. The molecule has 2 aromatic rings. The SMILES string of the molecule is O=C(O)CC(NC(=O)OCc1ccccc1)c1cc(F)cc(Cl)c1. The van der Waals surface area contributed by atoms with Crippen molar-refractivity contribution in [2.45, 2.75) is 19.1 Å². The van der Waals surface area contributed by atoms with Crippen molar-refractivity contribution in [1.29, 1.82) is 0 Å². The Labute approximate surface area is 143 Å². The van der Waals surface area contributed by atoms with Crippen LogP contribution in [0.4, 0.5) is 9.18 Å². The van der Waals surface area contributed by atoms with Crippen LogP contribution in [0.25, 0.3) is 0 Å². The van der Waals surface area contributed by atoms with E-state index >= 15 is 0 Å². The molecule has 0 heterocycles. The van der Waals surface area contributed by atoms with Crippen molar-refractivity contribution in [3.05, 3.63) is 70.5 Å². The summed E-state index contributed by atoms with van der Waals surface area (Å²) in [5.74, 6) is -1.77. The Morgan fingerprint density at radius 1 is 1.21 bits per heavy atom. The number of carbonyl (C=O) groups is 2. The van der Waals surface area contributed by atoms with Gasteiger partial charge >= 0.3 is 12.1 Å². The quantitative estimate of drug-likeness (QED) is 0.827. The van der Waals surface area contributed by atoms with Crippen molar-refractivity contribution in [1.82, 2.24) is 5.32 Å². The molecule has 0 bridgehead atoms. The number of amides is 1. The van der Waals surface area contributed by atoms with E-state index in [9.17, 15) is 14.0 Å². The predicted molar refractivity (Wildman–Crippen MR) is 86.2 cm³/mol. The third kappa shape index (κ3) is 5.55. The number of aliphatic carboxylic acids is 1. The fraction of sp³-hybridized carbons (Fsp3) is 0.176. The summed E-state index contributed by atoms with van der Waals surface area (Å²) in [5.41, 5.74) is 1.04. The van der Waals surface area contributed by atoms with E-state index in [2.05, 4.69) is 5.32 Å². The van der Waals surface area contributed by atoms with Crippen LogP contribution in [0.2, 0.25) is 5.02 Å². The highest BCUT2D eigenvalue weighted by Gasteiger charge is 2.20. The zero-order valence-corrected chi connectivity index (χ0v) is 13.3. The summed E-state index contributed by atoms with van der Waals surface area (Å²) >= 11 is 5.78. The zero-order valence-electron chi connectivity index (χ0n) is 12.5. The number of carboxylic acid groups (broad SMARTS) is 1. The lowest BCUT2D eigenvalue weighted by molar-refractivity contribution is -0.137. The fourth-order valence-electron chi connectivity index (χ4n) is 2.11. The van der Waals surface area contributed by atoms with Crippen molar-refractivity contribution in [3.63, 3.8) is 0 Å². The lowest BCUT2D eigenvalue weighted by Crippen LogP contribution is -2.30. The number of halogens is 2. The summed E-state index contributed by atoms with van der Waals surface area (Å²) in [7, 11) is 0. The van der Waals surface area contributed by atoms with Crippen molar-refractivity contribution in [2.75, 3.05) is 0 Å². The van der Waals surface area contributed by atoms with Crippen LogP contribution < -0.4 is 5.32 Å². The molecule has 7 heteroatoms. The lowest BCUT2D eigenvalue weighted by atomic mass is 10.0. The predicted octanol–water partition coefficient (Wildman–Crippen LogP) is 3.92. The molecule has 0 radical (unpaired) electrons. The molecule has 0 saturated heterocycles. The van der Waals surface area contributed by atoms with Gasteiger partial charge in [0.05, 0.1) is 12.5 Å². The van der Waals surface area contributed by atoms with Gasteiger partial charge in [0.2, 0.25) is 0 Å². The van der Waals surface area contributed by atoms with Crippen LogP contribution in [-0.4, -0.2) is 17.2 Å². The van der Waals surface area contributed by atoms with Crippen molar-refractivity contribution < 1.29 is 23.8 Å². The zero-order chi connectivity index (χ0) is 17.5. The van der Waals surface area contributed by atoms with Crippen molar-refractivity contribution in [3.8, 4) is 0 Å². The summed E-state index contributed by atoms with van der Waals surface area (Å²) in [4.78, 5) is 22.9. The minimum atomic E-state index is -1.15. The van der Waals surface area contributed by atoms with Gasteiger partial charge in [0.15, 0.2) is 0 Å². The molecule has 0 fully saturated rings. The van der Waals surface area contributed by atoms with Crippen LogP contribution in [0, 0.1) is 5.82 Å². The molecular weight excluding hydrogens is 337 g/mol. The topological polar surface area (TPSA) is 75.6 Å². The van der Waals surface area contributed by atoms with Crippen LogP contribution in [0.1, 0.15) is 23.6 Å². The van der Waals surface area contributed by atoms with Gasteiger partial charge in [-0.25, -0.2) is 9.18 Å². The Morgan fingerprint density at radius 2 is 1.92 bits per heavy atom. The molecular formula is C17H15ClFNO4. The first kappa shape index (κ1) is 17.7. The summed E-state index contributed by atoms with van der Waals surface area (Å²) in [6, 6.07) is 11.7. The van der Waals surface area contributed by atoms with E-state index in [1.165, 1.54) is 6.07 Å². The van der Waals surface area contributed by atoms with Gasteiger partial charge in [0, 0.05) is 5.02 Å². The largest absolute Gasteiger partial charge is 0.481 e. The van der Waals surface area contributed by atoms with Crippen LogP contribution in [-0.2, 0) is 16.1 Å². The Bertz CT molecular complexity index is 704. The molecule has 1 amide bonds. The average molecular weight is 352 g/mol. The number of hydrogen-bond donors (Lipinski definition) is 2. The van der Waals surface area contributed by atoms with Crippen LogP contribution >= 0.6 is 11.6 Å². The smallest absolute Gasteiger partial charge is 0.407 e. The van der Waals surface area contributed by atoms with Crippen molar-refractivity contribution >= 4 is 23.7 Å². The maximum absolute atomic E-state index is 13.5. The Kier molecular flexibility index (Phi) is 6.14. The molecule has 24 heavy (non-hydrogen) atoms. The highest BCUT2D eigenvalue weighted by molar-refractivity contribution is 6.30. The standard InChI is InChI=1S/C17H15ClFNO4/c18-13-6-12(7-14(19)8-13)15(9-16(21)22)20-17(23)24-10-11-4-2-1-3-5-11/h1-8,15H,9-10H2,(H,20,23)(H,21,22). The minimum absolute atomic E-state index is 0.0381. The second kappa shape index (κ2) is 8.31. The summed E-state index contributed by atoms with van der Waals surface area (Å²) in [6.45, 7) is 0.0381. The molecule has 2 aromatic carbocycles. The normalized spacial score (nSPS) is 11.6. The number of rotatable bonds is 6. The maximum Gasteiger partial charge on any atom is 0.407 e. The van der Waals surface area contributed by atoms with E-state index in [1.54, 1.807) is 24.3 Å². The molecule has 0 aliphatic rings. The van der Waals surface area contributed by atoms with Gasteiger partial charge in [-0.2, -0.15) is 0 Å². The highest BCUT2D eigenvalue weighted by atomic mass is 35.5. The van der Waals surface area contributed by atoms with Gasteiger partial charge < -0.3 is 15.2 Å². The van der Waals surface area contributed by atoms with Crippen LogP contribution in [0.5, 0.6) is 0 Å². The Hall–Kier alpha value is -2.60. The van der Waals surface area contributed by atoms with E-state index in [1.807, 2.05) is 6.07 Å². The van der Waals surface area contributed by atoms with Gasteiger partial charge in [0.1, 0.15) is 12.4 Å². The first-order chi connectivity index (χ1) is 11.4. The molecule has 1 atom stereocenters. The van der Waals surface area contributed by atoms with Gasteiger partial charge in [0.25, 0.3) is 0 Å². The third-order valence-corrected chi connectivity index (χ3v) is 3.39. The Balaban J connectivity index is 2.05. The van der Waals surface area contributed by atoms with Gasteiger partial charge in [-0.15, -0.1) is 0 Å². The number of carbonyl (C=O) groups excluding carboxylic acids is 1. The summed E-state index contributed by atoms with van der Waals surface area (Å²) < 4.78 is 18.5. The monoisotopic (exact) mass is 351 g/mol. The van der Waals surface area contributed by atoms with Gasteiger partial charge in [-0.1, -0.05) is 41.9 Å². The molecule has 0 saturated carbocycles. The van der Waals surface area contributed by atoms with Crippen LogP contribution in [0.3, 0.4) is 0 Å². The van der Waals surface area contributed by atoms with Gasteiger partial charge in [-0.3, -0.25) is 4.79 Å². The highest BCUT2D eigenvalue weighted by Crippen LogP contribution is 2.22. The molecule has 1 unspecified atom stereocenters. The van der Waals surface area contributed by atoms with E-state index in [-0.39, 0.29) is 17.2 Å². The average Bonchev–Trinajstić information content (AvgIpc) is 2.52. The van der Waals surface area contributed by atoms with E-state index in [4.69, 9.17) is 21.4 Å². The Morgan fingerprint density at radius 3 is 2.54 bits per heavy atom. The summed E-state index contributed by atoms with van der Waals surface area (Å²) in [5, 5.41) is 11.5. The molecule has 0 aliphatic carbocycles. The van der Waals surface area contributed by atoms with E-state index in [0.29, 0.717) is 0 Å². The van der Waals surface area contributed by atoms with E-state index < -0.39 is 30.3 Å². The number of alkyl carbamates (subject to hydrolysis) is 1. The summed E-state index contributed by atoms with van der Waals surface area (Å²) in [6.07, 6.45) is -1.23. The molecule has 126 valence electrons. The minimum Gasteiger partial charge on any atom is -0.481 e. The molecule has 0 spiro atoms. The van der Waals surface area contributed by atoms with Crippen LogP contribution in [0.15, 0.2) is 48.5 Å².